The van der Waals surface area contributed by atoms with Crippen molar-refractivity contribution in [1.82, 2.24) is 79.4 Å². The summed E-state index contributed by atoms with van der Waals surface area (Å²) >= 11 is 0. The van der Waals surface area contributed by atoms with E-state index in [-0.39, 0.29) is 89.5 Å². The Hall–Kier alpha value is -17.1. The zero-order valence-electron chi connectivity index (χ0n) is 64.9. The third kappa shape index (κ3) is 21.1. The van der Waals surface area contributed by atoms with E-state index in [0.29, 0.717) is 73.5 Å². The van der Waals surface area contributed by atoms with Gasteiger partial charge in [0.25, 0.3) is 47.3 Å². The number of ketones is 2. The normalized spacial score (nSPS) is 11.6. The van der Waals surface area contributed by atoms with Crippen LogP contribution in [-0.4, -0.2) is 129 Å². The van der Waals surface area contributed by atoms with Crippen LogP contribution in [0.5, 0.6) is 0 Å². The molecule has 9 aromatic carbocycles. The number of carbonyl (C=O) groups excluding carboxylic acids is 8. The monoisotopic (exact) mass is 1610 g/mol. The van der Waals surface area contributed by atoms with Gasteiger partial charge in [-0.3, -0.25) is 75.2 Å². The second-order valence-corrected chi connectivity index (χ2v) is 26.5. The van der Waals surface area contributed by atoms with Crippen molar-refractivity contribution < 1.29 is 42.9 Å². The van der Waals surface area contributed by atoms with Gasteiger partial charge in [-0.25, -0.2) is 0 Å². The van der Waals surface area contributed by atoms with Crippen LogP contribution in [0.2, 0.25) is 0 Å². The number of rotatable bonds is 23. The van der Waals surface area contributed by atoms with Crippen LogP contribution >= 0.6 is 0 Å². The molecule has 598 valence electrons. The predicted octanol–water partition coefficient (Wildman–Crippen LogP) is 13.0. The first-order chi connectivity index (χ1) is 58.9. The number of amides is 6. The number of Topliss-reactive ketones (excluding diaryl/α,β-unsaturated/α-hetero) is 2. The number of nitrogens with zero attached hydrogens (tertiary/aromatic N) is 16. The lowest BCUT2D eigenvalue weighted by Crippen LogP contribution is -2.49. The molecule has 16 rings (SSSR count). The van der Waals surface area contributed by atoms with Crippen LogP contribution in [0, 0.1) is 38.6 Å². The molecule has 1 aliphatic heterocycles. The maximum Gasteiger partial charge on any atom is 0.296 e. The number of nitrogens with one attached hydrogen (secondary N) is 8. The summed E-state index contributed by atoms with van der Waals surface area (Å²) in [5.74, 6) is 1.55. The second-order valence-electron chi connectivity index (χ2n) is 26.5. The Morgan fingerprint density at radius 3 is 1.31 bits per heavy atom. The molecule has 6 amide bonds. The van der Waals surface area contributed by atoms with Crippen LogP contribution in [0.3, 0.4) is 0 Å². The van der Waals surface area contributed by atoms with Crippen LogP contribution < -0.4 is 42.1 Å². The Labute approximate surface area is 690 Å². The fourth-order valence-electron chi connectivity index (χ4n) is 11.9. The number of aromatic nitrogens is 14. The van der Waals surface area contributed by atoms with Gasteiger partial charge in [0.2, 0.25) is 34.5 Å². The minimum atomic E-state index is -0.538. The van der Waals surface area contributed by atoms with Crippen molar-refractivity contribution in [2.24, 2.45) is 5.11 Å². The first-order valence-corrected chi connectivity index (χ1v) is 37.4. The van der Waals surface area contributed by atoms with Crippen molar-refractivity contribution in [2.75, 3.05) is 38.4 Å². The van der Waals surface area contributed by atoms with Gasteiger partial charge in [0, 0.05) is 51.8 Å². The number of pyridine rings is 1. The number of carbonyl (C=O) groups is 8. The highest BCUT2D eigenvalue weighted by atomic mass is 16.5. The van der Waals surface area contributed by atoms with E-state index in [1.165, 1.54) is 38.6 Å². The van der Waals surface area contributed by atoms with E-state index in [1.54, 1.807) is 120 Å². The molecule has 7 heterocycles. The molecule has 1 unspecified atom stereocenters. The fraction of sp³-hybridized carbons (Fsp3) is 0.0909. The topological polar surface area (TPSA) is 433 Å². The predicted molar refractivity (Wildman–Crippen MR) is 448 cm³/mol. The standard InChI is InChI=1S/C25H17N7O2.C22H18N6O2.C21H21N5O2.C20H16N6O3/c1-2-17-9-6-7-14-21(17)22(33)16-23-27-25(32(30-23)20-12-4-3-5-13-20)28-24(34)18-10-8-11-19(15-18)29-31-26;1-15-8-5-6-12-18(15)20(30)25-22-26-21(24-19(29)16-9-7-13-23-14-16)27-28(22)17-10-3-2-4-11-17;1-14-7-5-6-10-16(14)20(28)24-21-23-19(13-18(27)17-11-12-22-17)25-26(21)15-8-3-2-4-9-15;1-13-7-5-6-10-15(13)17(27)22-19-24-20(23-18(28)16-11-12-21-29-16)26(25-19)14-8-3-2-4-9-14/h1,3-15,26H,16H2;2-14H,1H3,(H2,24,25,26,27,29,30);2-10,17,22H,11-13H2,1H3,(H,23,24,25,28);2-12H,1H3,(H2,22,23,24,25,27,28)/p+1. The number of hydrogen-bond donors (Lipinski definition) is 8. The van der Waals surface area contributed by atoms with Crippen LogP contribution in [0.4, 0.5) is 41.4 Å². The van der Waals surface area contributed by atoms with Crippen LogP contribution in [-0.2, 0) is 17.6 Å². The van der Waals surface area contributed by atoms with E-state index in [0.717, 1.165) is 35.3 Å². The number of para-hydroxylation sites is 4. The summed E-state index contributed by atoms with van der Waals surface area (Å²) in [6.07, 6.45) is 10.8. The van der Waals surface area contributed by atoms with Crippen LogP contribution in [0.15, 0.2) is 289 Å². The van der Waals surface area contributed by atoms with Gasteiger partial charge in [0.15, 0.2) is 34.0 Å². The van der Waals surface area contributed by atoms with Gasteiger partial charge in [-0.05, 0) is 154 Å². The molecule has 15 aromatic rings. The lowest BCUT2D eigenvalue weighted by Gasteiger charge is -2.25. The molecule has 33 heteroatoms. The van der Waals surface area contributed by atoms with E-state index in [2.05, 4.69) is 104 Å². The Morgan fingerprint density at radius 2 is 0.868 bits per heavy atom. The molecule has 0 saturated carbocycles. The van der Waals surface area contributed by atoms with Crippen molar-refractivity contribution in [3.8, 4) is 35.1 Å². The molecule has 1 saturated heterocycles. The van der Waals surface area contributed by atoms with Gasteiger partial charge < -0.3 is 9.84 Å². The lowest BCUT2D eigenvalue weighted by molar-refractivity contribution is -0.122. The highest BCUT2D eigenvalue weighted by Gasteiger charge is 2.28. The van der Waals surface area contributed by atoms with E-state index in [4.69, 9.17) is 16.5 Å². The Morgan fingerprint density at radius 1 is 0.455 bits per heavy atom. The van der Waals surface area contributed by atoms with Crippen molar-refractivity contribution in [3.63, 3.8) is 0 Å². The van der Waals surface area contributed by atoms with Gasteiger partial charge in [0.05, 0.1) is 53.4 Å². The van der Waals surface area contributed by atoms with Gasteiger partial charge in [0.1, 0.15) is 5.53 Å². The van der Waals surface area contributed by atoms with Gasteiger partial charge in [-0.1, -0.05) is 163 Å². The maximum atomic E-state index is 12.9. The van der Waals surface area contributed by atoms with Gasteiger partial charge >= 0.3 is 0 Å². The summed E-state index contributed by atoms with van der Waals surface area (Å²) < 4.78 is 10.8. The molecular weight excluding hydrogens is 1540 g/mol. The van der Waals surface area contributed by atoms with E-state index >= 15 is 0 Å². The molecular formula is C88H73N24O9+. The summed E-state index contributed by atoms with van der Waals surface area (Å²) in [4.78, 5) is 125. The number of benzene rings is 9. The number of anilines is 6. The molecule has 1 fully saturated rings. The molecule has 1 aliphatic rings. The van der Waals surface area contributed by atoms with Crippen molar-refractivity contribution in [2.45, 2.75) is 46.1 Å². The van der Waals surface area contributed by atoms with Crippen molar-refractivity contribution in [1.29, 1.82) is 5.53 Å². The average Bonchev–Trinajstić information content (AvgIpc) is 1.69. The fourth-order valence-corrected chi connectivity index (χ4v) is 11.9. The Kier molecular flexibility index (Phi) is 26.6. The number of hydrogen-bond acceptors (Lipinski definition) is 22. The molecule has 0 spiro atoms. The average molecular weight is 1610 g/mol. The first kappa shape index (κ1) is 81.9. The zero-order chi connectivity index (χ0) is 84.6. The third-order valence-corrected chi connectivity index (χ3v) is 18.1. The van der Waals surface area contributed by atoms with E-state index in [1.807, 2.05) is 160 Å². The summed E-state index contributed by atoms with van der Waals surface area (Å²) in [6.45, 7) is 6.44. The molecule has 0 radical (unpaired) electrons. The van der Waals surface area contributed by atoms with Gasteiger partial charge in [-0.15, -0.1) is 26.8 Å². The molecule has 8 N–H and O–H groups in total. The van der Waals surface area contributed by atoms with E-state index in [9.17, 15) is 38.4 Å². The molecule has 0 bridgehead atoms. The van der Waals surface area contributed by atoms with Gasteiger partial charge in [-0.2, -0.15) is 38.7 Å². The molecule has 6 aromatic heterocycles. The third-order valence-electron chi connectivity index (χ3n) is 18.1. The maximum absolute atomic E-state index is 12.9. The minimum Gasteiger partial charge on any atom is -0.351 e. The molecule has 33 nitrogen and oxygen atoms in total. The minimum absolute atomic E-state index is 0.0260. The summed E-state index contributed by atoms with van der Waals surface area (Å²) in [5.41, 5.74) is 15.7. The quantitative estimate of drug-likeness (QED) is 0.0128. The largest absolute Gasteiger partial charge is 0.351 e. The van der Waals surface area contributed by atoms with Crippen LogP contribution in [0.1, 0.15) is 113 Å². The van der Waals surface area contributed by atoms with Crippen LogP contribution in [0.25, 0.3) is 22.7 Å². The Balaban J connectivity index is 0.000000140. The Bertz CT molecular complexity index is 6340. The summed E-state index contributed by atoms with van der Waals surface area (Å²) in [5, 5.41) is 44.1. The summed E-state index contributed by atoms with van der Waals surface area (Å²) in [6, 6.07) is 76.5. The van der Waals surface area contributed by atoms with Crippen molar-refractivity contribution >= 4 is 88.4 Å². The zero-order valence-corrected chi connectivity index (χ0v) is 64.9. The SMILES string of the molecule is C#Cc1ccccc1C(=O)Cc1nc(NC(=O)c2cccc(N=[N+]=N)c2)n(-c2ccccc2)n1.Cc1ccccc1C(=O)Nc1nc(CC(=O)C2CCN2)nn1-c1ccccc1.Cc1ccccc1C(=O)Nc1nc(NC(=O)c2cccnc2)nn1-c1ccccc1.Cc1ccccc1C(=O)Nc1nc(NC(=O)c2ccno2)n(-c2ccccc2)n1. The second kappa shape index (κ2) is 39.3. The van der Waals surface area contributed by atoms with E-state index < -0.39 is 17.7 Å². The molecule has 121 heavy (non-hydrogen) atoms. The number of terminal acetylenes is 1. The molecule has 1 atom stereocenters. The lowest BCUT2D eigenvalue weighted by atomic mass is 10.0. The smallest absolute Gasteiger partial charge is 0.296 e. The number of aryl methyl sites for hydroxylation is 3. The molecule has 0 aliphatic carbocycles. The van der Waals surface area contributed by atoms with Crippen molar-refractivity contribution in [3.05, 3.63) is 352 Å². The highest BCUT2D eigenvalue weighted by molar-refractivity contribution is 6.08. The first-order valence-electron chi connectivity index (χ1n) is 37.4. The highest BCUT2D eigenvalue weighted by Crippen LogP contribution is 2.25. The summed E-state index contributed by atoms with van der Waals surface area (Å²) in [7, 11) is 0.